The highest BCUT2D eigenvalue weighted by Crippen LogP contribution is 2.02. The maximum atomic E-state index is 11.3. The molecule has 0 radical (unpaired) electrons. The molecule has 1 aliphatic rings. The van der Waals surface area contributed by atoms with Gasteiger partial charge < -0.3 is 20.3 Å². The highest BCUT2D eigenvalue weighted by Gasteiger charge is 2.23. The summed E-state index contributed by atoms with van der Waals surface area (Å²) < 4.78 is 5.28. The summed E-state index contributed by atoms with van der Waals surface area (Å²) in [5.74, 6) is -0.0251. The highest BCUT2D eigenvalue weighted by atomic mass is 16.5. The lowest BCUT2D eigenvalue weighted by Gasteiger charge is -2.30. The number of carbonyl (C=O) groups excluding carboxylic acids is 2. The molecule has 1 unspecified atom stereocenters. The molecule has 0 aromatic carbocycles. The van der Waals surface area contributed by atoms with E-state index < -0.39 is 0 Å². The first-order valence-electron chi connectivity index (χ1n) is 5.39. The fourth-order valence-corrected chi connectivity index (χ4v) is 1.40. The monoisotopic (exact) mass is 229 g/mol. The van der Waals surface area contributed by atoms with Gasteiger partial charge in [-0.05, 0) is 13.8 Å². The van der Waals surface area contributed by atoms with Crippen molar-refractivity contribution in [2.75, 3.05) is 26.7 Å². The summed E-state index contributed by atoms with van der Waals surface area (Å²) in [5.41, 5.74) is 0. The summed E-state index contributed by atoms with van der Waals surface area (Å²) in [5, 5.41) is 5.42. The van der Waals surface area contributed by atoms with Crippen molar-refractivity contribution < 1.29 is 14.3 Å². The number of urea groups is 1. The Balaban J connectivity index is 2.23. The Morgan fingerprint density at radius 1 is 1.62 bits per heavy atom. The lowest BCUT2D eigenvalue weighted by molar-refractivity contribution is -0.146. The summed E-state index contributed by atoms with van der Waals surface area (Å²) in [4.78, 5) is 24.0. The van der Waals surface area contributed by atoms with E-state index in [0.717, 1.165) is 0 Å². The molecule has 1 heterocycles. The second-order valence-electron chi connectivity index (χ2n) is 4.22. The number of morpholine rings is 1. The molecule has 1 saturated heterocycles. The van der Waals surface area contributed by atoms with Gasteiger partial charge in [0.2, 0.25) is 5.91 Å². The van der Waals surface area contributed by atoms with Crippen LogP contribution in [0, 0.1) is 0 Å². The molecule has 16 heavy (non-hydrogen) atoms. The van der Waals surface area contributed by atoms with Crippen LogP contribution in [0.1, 0.15) is 13.8 Å². The quantitative estimate of drug-likeness (QED) is 0.688. The van der Waals surface area contributed by atoms with Crippen molar-refractivity contribution >= 4 is 11.9 Å². The van der Waals surface area contributed by atoms with Gasteiger partial charge in [-0.3, -0.25) is 4.79 Å². The number of hydrogen-bond donors (Lipinski definition) is 2. The van der Waals surface area contributed by atoms with Crippen LogP contribution in [0.15, 0.2) is 0 Å². The molecule has 0 saturated carbocycles. The average Bonchev–Trinajstić information content (AvgIpc) is 2.19. The van der Waals surface area contributed by atoms with E-state index >= 15 is 0 Å². The van der Waals surface area contributed by atoms with Crippen molar-refractivity contribution in [2.45, 2.75) is 26.0 Å². The minimum atomic E-state index is -0.210. The zero-order valence-electron chi connectivity index (χ0n) is 9.95. The number of nitrogens with zero attached hydrogens (tertiary/aromatic N) is 1. The van der Waals surface area contributed by atoms with E-state index in [4.69, 9.17) is 4.74 Å². The number of carbonyl (C=O) groups is 2. The molecule has 2 N–H and O–H groups in total. The van der Waals surface area contributed by atoms with E-state index in [0.29, 0.717) is 13.1 Å². The van der Waals surface area contributed by atoms with Gasteiger partial charge in [0, 0.05) is 26.2 Å². The predicted molar refractivity (Wildman–Crippen MR) is 59.0 cm³/mol. The molecule has 1 aliphatic heterocycles. The number of amides is 3. The molecule has 0 aromatic heterocycles. The lowest BCUT2D eigenvalue weighted by Crippen LogP contribution is -2.50. The number of ether oxygens (including phenoxy) is 1. The number of hydrogen-bond acceptors (Lipinski definition) is 3. The Hall–Kier alpha value is -1.30. The first kappa shape index (κ1) is 12.8. The Morgan fingerprint density at radius 3 is 2.88 bits per heavy atom. The molecule has 3 amide bonds. The van der Waals surface area contributed by atoms with Crippen molar-refractivity contribution in [3.8, 4) is 0 Å². The van der Waals surface area contributed by atoms with Crippen LogP contribution < -0.4 is 10.6 Å². The van der Waals surface area contributed by atoms with Crippen LogP contribution in [-0.4, -0.2) is 55.7 Å². The Morgan fingerprint density at radius 2 is 2.31 bits per heavy atom. The smallest absolute Gasteiger partial charge is 0.315 e. The highest BCUT2D eigenvalue weighted by molar-refractivity contribution is 5.78. The van der Waals surface area contributed by atoms with Gasteiger partial charge in [0.25, 0.3) is 0 Å². The maximum Gasteiger partial charge on any atom is 0.315 e. The topological polar surface area (TPSA) is 70.7 Å². The van der Waals surface area contributed by atoms with Gasteiger partial charge in [-0.1, -0.05) is 0 Å². The number of rotatable bonds is 3. The first-order valence-corrected chi connectivity index (χ1v) is 5.39. The zero-order chi connectivity index (χ0) is 12.1. The van der Waals surface area contributed by atoms with Crippen LogP contribution in [0.4, 0.5) is 4.79 Å². The summed E-state index contributed by atoms with van der Waals surface area (Å²) in [6.45, 7) is 4.80. The van der Waals surface area contributed by atoms with Crippen molar-refractivity contribution in [2.24, 2.45) is 0 Å². The third kappa shape index (κ3) is 4.06. The van der Waals surface area contributed by atoms with Crippen LogP contribution >= 0.6 is 0 Å². The van der Waals surface area contributed by atoms with Gasteiger partial charge in [-0.25, -0.2) is 4.79 Å². The molecule has 6 nitrogen and oxygen atoms in total. The molecule has 0 aliphatic carbocycles. The lowest BCUT2D eigenvalue weighted by atomic mass is 10.3. The van der Waals surface area contributed by atoms with E-state index in [1.807, 2.05) is 13.8 Å². The van der Waals surface area contributed by atoms with Crippen LogP contribution in [0.2, 0.25) is 0 Å². The fraction of sp³-hybridized carbons (Fsp3) is 0.800. The zero-order valence-corrected chi connectivity index (χ0v) is 9.95. The van der Waals surface area contributed by atoms with Gasteiger partial charge in [0.1, 0.15) is 6.61 Å². The molecule has 1 atom stereocenters. The van der Waals surface area contributed by atoms with Crippen molar-refractivity contribution in [1.82, 2.24) is 15.5 Å². The number of likely N-dealkylation sites (N-methyl/N-ethyl adjacent to an activating group) is 1. The summed E-state index contributed by atoms with van der Waals surface area (Å²) in [7, 11) is 1.73. The van der Waals surface area contributed by atoms with Crippen LogP contribution in [0.25, 0.3) is 0 Å². The molecule has 0 aromatic rings. The van der Waals surface area contributed by atoms with Crippen molar-refractivity contribution in [3.63, 3.8) is 0 Å². The van der Waals surface area contributed by atoms with Crippen LogP contribution in [0.3, 0.4) is 0 Å². The molecular formula is C10H19N3O3. The molecular weight excluding hydrogens is 210 g/mol. The van der Waals surface area contributed by atoms with E-state index in [9.17, 15) is 9.59 Å². The van der Waals surface area contributed by atoms with E-state index in [1.165, 1.54) is 0 Å². The summed E-state index contributed by atoms with van der Waals surface area (Å²) >= 11 is 0. The minimum absolute atomic E-state index is 0.0251. The number of nitrogens with one attached hydrogen (secondary N) is 2. The van der Waals surface area contributed by atoms with Crippen LogP contribution in [0.5, 0.6) is 0 Å². The van der Waals surface area contributed by atoms with Gasteiger partial charge in [0.15, 0.2) is 0 Å². The second kappa shape index (κ2) is 5.69. The van der Waals surface area contributed by atoms with Crippen molar-refractivity contribution in [3.05, 3.63) is 0 Å². The third-order valence-electron chi connectivity index (χ3n) is 2.26. The molecule has 1 fully saturated rings. The van der Waals surface area contributed by atoms with Crippen LogP contribution in [-0.2, 0) is 9.53 Å². The fourth-order valence-electron chi connectivity index (χ4n) is 1.40. The predicted octanol–water partition coefficient (Wildman–Crippen LogP) is -0.449. The summed E-state index contributed by atoms with van der Waals surface area (Å²) in [6, 6.07) is -0.102. The second-order valence-corrected chi connectivity index (χ2v) is 4.22. The normalized spacial score (nSPS) is 21.1. The van der Waals surface area contributed by atoms with Gasteiger partial charge in [-0.2, -0.15) is 0 Å². The van der Waals surface area contributed by atoms with E-state index in [-0.39, 0.29) is 30.7 Å². The molecule has 0 bridgehead atoms. The van der Waals surface area contributed by atoms with Gasteiger partial charge in [0.05, 0.1) is 6.10 Å². The van der Waals surface area contributed by atoms with Gasteiger partial charge in [-0.15, -0.1) is 0 Å². The van der Waals surface area contributed by atoms with Crippen molar-refractivity contribution in [1.29, 1.82) is 0 Å². The SMILES string of the molecule is CC(C)NC(=O)NCC1CN(C)C(=O)CO1. The first-order chi connectivity index (χ1) is 7.49. The minimum Gasteiger partial charge on any atom is -0.365 e. The van der Waals surface area contributed by atoms with E-state index in [1.54, 1.807) is 11.9 Å². The molecule has 92 valence electrons. The molecule has 1 rings (SSSR count). The molecule has 6 heteroatoms. The third-order valence-corrected chi connectivity index (χ3v) is 2.26. The van der Waals surface area contributed by atoms with E-state index in [2.05, 4.69) is 10.6 Å². The Labute approximate surface area is 95.3 Å². The maximum absolute atomic E-state index is 11.3. The standard InChI is InChI=1S/C10H19N3O3/c1-7(2)12-10(15)11-4-8-5-13(3)9(14)6-16-8/h7-8H,4-6H2,1-3H3,(H2,11,12,15). The largest absolute Gasteiger partial charge is 0.365 e. The molecule has 0 spiro atoms. The summed E-state index contributed by atoms with van der Waals surface area (Å²) in [6.07, 6.45) is -0.124. The Kier molecular flexibility index (Phi) is 4.54. The van der Waals surface area contributed by atoms with Gasteiger partial charge >= 0.3 is 6.03 Å². The Bertz CT molecular complexity index is 268. The average molecular weight is 229 g/mol.